The number of hydrogen-bond donors (Lipinski definition) is 2. The second-order valence-electron chi connectivity index (χ2n) is 5.11. The molecule has 0 unspecified atom stereocenters. The lowest BCUT2D eigenvalue weighted by Crippen LogP contribution is -2.02. The molecule has 2 N–H and O–H groups in total. The zero-order valence-electron chi connectivity index (χ0n) is 12.6. The number of nitrogens with zero attached hydrogens (tertiary/aromatic N) is 4. The van der Waals surface area contributed by atoms with E-state index in [1.54, 1.807) is 12.3 Å². The highest BCUT2D eigenvalue weighted by molar-refractivity contribution is 5.59. The monoisotopic (exact) mass is 296 g/mol. The zero-order chi connectivity index (χ0) is 15.5. The Hall–Kier alpha value is -2.96. The molecule has 7 nitrogen and oxygen atoms in total. The Morgan fingerprint density at radius 3 is 2.36 bits per heavy atom. The zero-order valence-corrected chi connectivity index (χ0v) is 12.6. The Bertz CT molecular complexity index is 778. The van der Waals surface area contributed by atoms with Crippen LogP contribution >= 0.6 is 0 Å². The average molecular weight is 296 g/mol. The number of aryl methyl sites for hydroxylation is 3. The van der Waals surface area contributed by atoms with Crippen molar-refractivity contribution in [3.8, 4) is 0 Å². The highest BCUT2D eigenvalue weighted by atomic mass is 16.5. The van der Waals surface area contributed by atoms with Crippen LogP contribution in [0.2, 0.25) is 0 Å². The Morgan fingerprint density at radius 1 is 0.909 bits per heavy atom. The van der Waals surface area contributed by atoms with Crippen molar-refractivity contribution in [1.29, 1.82) is 0 Å². The summed E-state index contributed by atoms with van der Waals surface area (Å²) >= 11 is 0. The van der Waals surface area contributed by atoms with Crippen molar-refractivity contribution in [1.82, 2.24) is 20.3 Å². The minimum absolute atomic E-state index is 0.350. The number of anilines is 4. The Kier molecular flexibility index (Phi) is 3.69. The highest BCUT2D eigenvalue weighted by Crippen LogP contribution is 2.19. The van der Waals surface area contributed by atoms with Crippen LogP contribution in [0.1, 0.15) is 16.9 Å². The number of aromatic nitrogens is 4. The molecule has 0 aliphatic rings. The lowest BCUT2D eigenvalue weighted by atomic mass is 10.1. The Morgan fingerprint density at radius 2 is 1.68 bits per heavy atom. The largest absolute Gasteiger partial charge is 0.360 e. The standard InChI is InChI=1S/C15H16N6O/c1-9-4-10(2)6-12(5-9)17-14-8-16-20-15(19-14)18-13-7-11(3)22-21-13/h4-8H,1-3H3,(H2,17,18,19,20,21). The summed E-state index contributed by atoms with van der Waals surface area (Å²) in [7, 11) is 0. The maximum absolute atomic E-state index is 4.98. The molecule has 0 aliphatic heterocycles. The first kappa shape index (κ1) is 14.0. The molecule has 0 fully saturated rings. The molecule has 1 aromatic carbocycles. The number of benzene rings is 1. The maximum Gasteiger partial charge on any atom is 0.250 e. The van der Waals surface area contributed by atoms with Crippen molar-refractivity contribution in [3.63, 3.8) is 0 Å². The summed E-state index contributed by atoms with van der Waals surface area (Å²) in [4.78, 5) is 4.35. The van der Waals surface area contributed by atoms with Crippen molar-refractivity contribution >= 4 is 23.3 Å². The molecule has 7 heteroatoms. The van der Waals surface area contributed by atoms with Gasteiger partial charge in [0, 0.05) is 11.8 Å². The predicted molar refractivity (Wildman–Crippen MR) is 83.5 cm³/mol. The first-order valence-corrected chi connectivity index (χ1v) is 6.84. The molecule has 3 rings (SSSR count). The topological polar surface area (TPSA) is 88.8 Å². The van der Waals surface area contributed by atoms with E-state index in [1.807, 2.05) is 19.1 Å². The Labute approximate surface area is 127 Å². The molecule has 2 aromatic heterocycles. The van der Waals surface area contributed by atoms with E-state index >= 15 is 0 Å². The summed E-state index contributed by atoms with van der Waals surface area (Å²) in [6.45, 7) is 5.92. The Balaban J connectivity index is 1.78. The van der Waals surface area contributed by atoms with E-state index < -0.39 is 0 Å². The third-order valence-electron chi connectivity index (χ3n) is 2.92. The van der Waals surface area contributed by atoms with Crippen LogP contribution in [-0.2, 0) is 0 Å². The molecule has 0 amide bonds. The second kappa shape index (κ2) is 5.80. The molecule has 0 saturated heterocycles. The second-order valence-corrected chi connectivity index (χ2v) is 5.11. The van der Waals surface area contributed by atoms with Gasteiger partial charge in [0.25, 0.3) is 0 Å². The van der Waals surface area contributed by atoms with Crippen LogP contribution in [0, 0.1) is 20.8 Å². The SMILES string of the molecule is Cc1cc(C)cc(Nc2cnnc(Nc3cc(C)on3)n2)c1. The molecule has 0 atom stereocenters. The van der Waals surface area contributed by atoms with E-state index in [1.165, 1.54) is 11.1 Å². The molecule has 0 aliphatic carbocycles. The van der Waals surface area contributed by atoms with Gasteiger partial charge in [0.1, 0.15) is 5.76 Å². The molecule has 0 spiro atoms. The smallest absolute Gasteiger partial charge is 0.250 e. The van der Waals surface area contributed by atoms with E-state index in [0.29, 0.717) is 23.3 Å². The molecule has 0 saturated carbocycles. The van der Waals surface area contributed by atoms with Crippen molar-refractivity contribution < 1.29 is 4.52 Å². The van der Waals surface area contributed by atoms with Gasteiger partial charge in [0.2, 0.25) is 5.95 Å². The van der Waals surface area contributed by atoms with Crippen LogP contribution in [0.15, 0.2) is 35.0 Å². The van der Waals surface area contributed by atoms with E-state index in [9.17, 15) is 0 Å². The average Bonchev–Trinajstić information content (AvgIpc) is 2.83. The van der Waals surface area contributed by atoms with Crippen LogP contribution in [-0.4, -0.2) is 20.3 Å². The van der Waals surface area contributed by atoms with Crippen LogP contribution in [0.5, 0.6) is 0 Å². The molecule has 3 aromatic rings. The molecule has 112 valence electrons. The molecular formula is C15H16N6O. The van der Waals surface area contributed by atoms with Gasteiger partial charge in [-0.05, 0) is 44.0 Å². The molecular weight excluding hydrogens is 280 g/mol. The van der Waals surface area contributed by atoms with Crippen LogP contribution < -0.4 is 10.6 Å². The van der Waals surface area contributed by atoms with E-state index in [0.717, 1.165) is 5.69 Å². The van der Waals surface area contributed by atoms with Crippen LogP contribution in [0.25, 0.3) is 0 Å². The van der Waals surface area contributed by atoms with E-state index in [-0.39, 0.29) is 0 Å². The minimum Gasteiger partial charge on any atom is -0.360 e. The van der Waals surface area contributed by atoms with Gasteiger partial charge in [-0.1, -0.05) is 11.2 Å². The van der Waals surface area contributed by atoms with Crippen molar-refractivity contribution in [2.45, 2.75) is 20.8 Å². The quantitative estimate of drug-likeness (QED) is 0.763. The fourth-order valence-electron chi connectivity index (χ4n) is 2.15. The summed E-state index contributed by atoms with van der Waals surface area (Å²) in [5, 5.41) is 17.9. The van der Waals surface area contributed by atoms with Gasteiger partial charge in [-0.2, -0.15) is 10.1 Å². The van der Waals surface area contributed by atoms with Crippen molar-refractivity contribution in [2.75, 3.05) is 10.6 Å². The van der Waals surface area contributed by atoms with Gasteiger partial charge < -0.3 is 15.2 Å². The fraction of sp³-hybridized carbons (Fsp3) is 0.200. The highest BCUT2D eigenvalue weighted by Gasteiger charge is 2.05. The number of nitrogens with one attached hydrogen (secondary N) is 2. The van der Waals surface area contributed by atoms with Gasteiger partial charge in [0.05, 0.1) is 6.20 Å². The third kappa shape index (κ3) is 3.38. The first-order valence-electron chi connectivity index (χ1n) is 6.84. The predicted octanol–water partition coefficient (Wildman–Crippen LogP) is 3.27. The normalized spacial score (nSPS) is 10.5. The summed E-state index contributed by atoms with van der Waals surface area (Å²) < 4.78 is 4.98. The molecule has 0 radical (unpaired) electrons. The fourth-order valence-corrected chi connectivity index (χ4v) is 2.15. The minimum atomic E-state index is 0.350. The van der Waals surface area contributed by atoms with E-state index in [2.05, 4.69) is 50.9 Å². The van der Waals surface area contributed by atoms with Crippen molar-refractivity contribution in [3.05, 3.63) is 47.3 Å². The lowest BCUT2D eigenvalue weighted by Gasteiger charge is -2.08. The van der Waals surface area contributed by atoms with Gasteiger partial charge in [0.15, 0.2) is 11.6 Å². The van der Waals surface area contributed by atoms with Gasteiger partial charge in [-0.3, -0.25) is 0 Å². The van der Waals surface area contributed by atoms with E-state index in [4.69, 9.17) is 4.52 Å². The summed E-state index contributed by atoms with van der Waals surface area (Å²) in [5.74, 6) is 2.20. The molecule has 22 heavy (non-hydrogen) atoms. The third-order valence-corrected chi connectivity index (χ3v) is 2.92. The van der Waals surface area contributed by atoms with Crippen molar-refractivity contribution in [2.24, 2.45) is 0 Å². The number of hydrogen-bond acceptors (Lipinski definition) is 7. The lowest BCUT2D eigenvalue weighted by molar-refractivity contribution is 0.400. The van der Waals surface area contributed by atoms with Gasteiger partial charge >= 0.3 is 0 Å². The summed E-state index contributed by atoms with van der Waals surface area (Å²) in [6.07, 6.45) is 1.57. The van der Waals surface area contributed by atoms with Gasteiger partial charge in [-0.25, -0.2) is 0 Å². The van der Waals surface area contributed by atoms with Crippen LogP contribution in [0.3, 0.4) is 0 Å². The van der Waals surface area contributed by atoms with Gasteiger partial charge in [-0.15, -0.1) is 5.10 Å². The summed E-state index contributed by atoms with van der Waals surface area (Å²) in [6, 6.07) is 7.96. The molecule has 2 heterocycles. The maximum atomic E-state index is 4.98. The molecule has 0 bridgehead atoms. The summed E-state index contributed by atoms with van der Waals surface area (Å²) in [5.41, 5.74) is 3.32. The van der Waals surface area contributed by atoms with Crippen LogP contribution in [0.4, 0.5) is 23.3 Å². The number of rotatable bonds is 4. The first-order chi connectivity index (χ1) is 10.6.